The van der Waals surface area contributed by atoms with E-state index in [1.807, 2.05) is 18.2 Å². The molecular weight excluding hydrogens is 384 g/mol. The zero-order chi connectivity index (χ0) is 21.3. The Kier molecular flexibility index (Phi) is 6.06. The number of rotatable bonds is 6. The van der Waals surface area contributed by atoms with E-state index in [4.69, 9.17) is 5.11 Å². The Morgan fingerprint density at radius 3 is 2.57 bits per heavy atom. The van der Waals surface area contributed by atoms with Crippen molar-refractivity contribution in [2.75, 3.05) is 19.7 Å². The van der Waals surface area contributed by atoms with Gasteiger partial charge in [0, 0.05) is 26.6 Å². The normalized spacial score (nSPS) is 21.3. The van der Waals surface area contributed by atoms with Crippen LogP contribution in [0.2, 0.25) is 0 Å². The molecule has 30 heavy (non-hydrogen) atoms. The Bertz CT molecular complexity index is 1000. The Hall–Kier alpha value is -2.45. The van der Waals surface area contributed by atoms with Crippen molar-refractivity contribution in [1.29, 1.82) is 0 Å². The number of piperidine rings is 2. The van der Waals surface area contributed by atoms with E-state index in [1.54, 1.807) is 11.6 Å². The summed E-state index contributed by atoms with van der Waals surface area (Å²) in [4.78, 5) is 39.1. The van der Waals surface area contributed by atoms with Gasteiger partial charge in [-0.25, -0.2) is 4.79 Å². The maximum absolute atomic E-state index is 12.9. The van der Waals surface area contributed by atoms with Crippen LogP contribution in [0.25, 0.3) is 11.0 Å². The van der Waals surface area contributed by atoms with Gasteiger partial charge in [0.2, 0.25) is 11.8 Å². The number of nitrogens with zero attached hydrogens (tertiary/aromatic N) is 3. The van der Waals surface area contributed by atoms with Gasteiger partial charge < -0.3 is 5.11 Å². The summed E-state index contributed by atoms with van der Waals surface area (Å²) in [6, 6.07) is 5.34. The second-order valence-corrected chi connectivity index (χ2v) is 8.59. The van der Waals surface area contributed by atoms with Crippen molar-refractivity contribution in [2.45, 2.75) is 51.1 Å². The van der Waals surface area contributed by atoms with Crippen LogP contribution < -0.4 is 11.0 Å². The third-order valence-electron chi connectivity index (χ3n) is 6.56. The minimum absolute atomic E-state index is 0.235. The predicted octanol–water partition coefficient (Wildman–Crippen LogP) is 1.30. The standard InChI is InChI=1S/C22H30N4O4/c1-24-19-13-16(14-25-10-8-15(9-11-25)3-2-12-27)4-5-17(19)26(22(24)30)18-6-7-20(28)23-21(18)29/h4-5,13,15,18,27H,2-3,6-12,14H2,1H3,(H,23,28,29). The second kappa shape index (κ2) is 8.73. The Balaban J connectivity index is 1.52. The zero-order valence-corrected chi connectivity index (χ0v) is 17.5. The van der Waals surface area contributed by atoms with Crippen molar-refractivity contribution in [2.24, 2.45) is 13.0 Å². The van der Waals surface area contributed by atoms with Gasteiger partial charge in [-0.1, -0.05) is 6.07 Å². The molecule has 4 rings (SSSR count). The molecule has 3 heterocycles. The fraction of sp³-hybridized carbons (Fsp3) is 0.591. The van der Waals surface area contributed by atoms with E-state index < -0.39 is 11.9 Å². The smallest absolute Gasteiger partial charge is 0.329 e. The van der Waals surface area contributed by atoms with E-state index in [9.17, 15) is 14.4 Å². The van der Waals surface area contributed by atoms with Crippen LogP contribution >= 0.6 is 0 Å². The van der Waals surface area contributed by atoms with Gasteiger partial charge in [-0.2, -0.15) is 0 Å². The van der Waals surface area contributed by atoms with Gasteiger partial charge in [-0.15, -0.1) is 0 Å². The summed E-state index contributed by atoms with van der Waals surface area (Å²) in [5, 5.41) is 11.4. The van der Waals surface area contributed by atoms with Gasteiger partial charge >= 0.3 is 5.69 Å². The number of benzene rings is 1. The first kappa shape index (κ1) is 20.8. The van der Waals surface area contributed by atoms with Gasteiger partial charge in [-0.05, 0) is 68.8 Å². The zero-order valence-electron chi connectivity index (χ0n) is 17.5. The summed E-state index contributed by atoms with van der Waals surface area (Å²) in [5.41, 5.74) is 2.44. The summed E-state index contributed by atoms with van der Waals surface area (Å²) in [7, 11) is 1.73. The summed E-state index contributed by atoms with van der Waals surface area (Å²) >= 11 is 0. The highest BCUT2D eigenvalue weighted by Gasteiger charge is 2.31. The Labute approximate surface area is 175 Å². The van der Waals surface area contributed by atoms with Crippen LogP contribution in [0, 0.1) is 5.92 Å². The average Bonchev–Trinajstić information content (AvgIpc) is 2.98. The fourth-order valence-electron chi connectivity index (χ4n) is 4.81. The van der Waals surface area contributed by atoms with Crippen molar-refractivity contribution in [3.63, 3.8) is 0 Å². The summed E-state index contributed by atoms with van der Waals surface area (Å²) in [5.74, 6) is 0.0141. The first-order chi connectivity index (χ1) is 14.5. The van der Waals surface area contributed by atoms with Crippen molar-refractivity contribution in [3.8, 4) is 0 Å². The summed E-state index contributed by atoms with van der Waals surface area (Å²) < 4.78 is 3.11. The molecule has 1 unspecified atom stereocenters. The van der Waals surface area contributed by atoms with Crippen molar-refractivity contribution in [1.82, 2.24) is 19.4 Å². The molecular formula is C22H30N4O4. The molecule has 162 valence electrons. The summed E-state index contributed by atoms with van der Waals surface area (Å²) in [6.07, 6.45) is 4.90. The van der Waals surface area contributed by atoms with Crippen molar-refractivity contribution in [3.05, 3.63) is 34.2 Å². The maximum Gasteiger partial charge on any atom is 0.329 e. The molecule has 8 heteroatoms. The van der Waals surface area contributed by atoms with Gasteiger partial charge in [-0.3, -0.25) is 28.9 Å². The molecule has 8 nitrogen and oxygen atoms in total. The molecule has 0 saturated carbocycles. The van der Waals surface area contributed by atoms with Gasteiger partial charge in [0.05, 0.1) is 11.0 Å². The van der Waals surface area contributed by atoms with Crippen LogP contribution in [0.15, 0.2) is 23.0 Å². The van der Waals surface area contributed by atoms with E-state index >= 15 is 0 Å². The number of imidazole rings is 1. The lowest BCUT2D eigenvalue weighted by Crippen LogP contribution is -2.44. The highest BCUT2D eigenvalue weighted by Crippen LogP contribution is 2.26. The molecule has 2 aliphatic heterocycles. The molecule has 0 radical (unpaired) electrons. The average molecular weight is 415 g/mol. The number of aliphatic hydroxyl groups excluding tert-OH is 1. The number of imide groups is 1. The van der Waals surface area contributed by atoms with E-state index in [2.05, 4.69) is 10.2 Å². The highest BCUT2D eigenvalue weighted by molar-refractivity contribution is 6.00. The summed E-state index contributed by atoms with van der Waals surface area (Å²) in [6.45, 7) is 3.20. The van der Waals surface area contributed by atoms with Crippen LogP contribution in [0.1, 0.15) is 50.1 Å². The SMILES string of the molecule is Cn1c(=O)n(C2CCC(=O)NC2=O)c2ccc(CN3CCC(CCCO)CC3)cc21. The number of nitrogens with one attached hydrogen (secondary N) is 1. The number of aryl methyl sites for hydroxylation is 1. The number of likely N-dealkylation sites (tertiary alicyclic amines) is 1. The van der Waals surface area contributed by atoms with Crippen molar-refractivity contribution < 1.29 is 14.7 Å². The molecule has 0 spiro atoms. The number of aromatic nitrogens is 2. The third-order valence-corrected chi connectivity index (χ3v) is 6.56. The molecule has 2 aliphatic rings. The van der Waals surface area contributed by atoms with Crippen LogP contribution in [0.5, 0.6) is 0 Å². The number of carbonyl (C=O) groups excluding carboxylic acids is 2. The monoisotopic (exact) mass is 414 g/mol. The van der Waals surface area contributed by atoms with E-state index in [0.717, 1.165) is 61.9 Å². The number of hydrogen-bond donors (Lipinski definition) is 2. The molecule has 1 atom stereocenters. The molecule has 1 aromatic carbocycles. The molecule has 1 aromatic heterocycles. The van der Waals surface area contributed by atoms with E-state index in [1.165, 1.54) is 4.57 Å². The lowest BCUT2D eigenvalue weighted by atomic mass is 9.92. The number of amides is 2. The van der Waals surface area contributed by atoms with E-state index in [0.29, 0.717) is 12.3 Å². The first-order valence-corrected chi connectivity index (χ1v) is 10.8. The Morgan fingerprint density at radius 1 is 1.10 bits per heavy atom. The molecule has 0 aliphatic carbocycles. The maximum atomic E-state index is 12.9. The van der Waals surface area contributed by atoms with Gasteiger partial charge in [0.1, 0.15) is 6.04 Å². The van der Waals surface area contributed by atoms with E-state index in [-0.39, 0.29) is 24.6 Å². The third kappa shape index (κ3) is 4.06. The quantitative estimate of drug-likeness (QED) is 0.695. The first-order valence-electron chi connectivity index (χ1n) is 10.8. The van der Waals surface area contributed by atoms with Gasteiger partial charge in [0.15, 0.2) is 0 Å². The minimum Gasteiger partial charge on any atom is -0.396 e. The molecule has 2 aromatic rings. The predicted molar refractivity (Wildman–Crippen MR) is 113 cm³/mol. The lowest BCUT2D eigenvalue weighted by Gasteiger charge is -2.32. The largest absolute Gasteiger partial charge is 0.396 e. The fourth-order valence-corrected chi connectivity index (χ4v) is 4.81. The topological polar surface area (TPSA) is 96.6 Å². The number of aliphatic hydroxyl groups is 1. The Morgan fingerprint density at radius 2 is 1.87 bits per heavy atom. The molecule has 0 bridgehead atoms. The molecule has 2 amide bonds. The van der Waals surface area contributed by atoms with Crippen LogP contribution in [0.3, 0.4) is 0 Å². The number of hydrogen-bond acceptors (Lipinski definition) is 5. The van der Waals surface area contributed by atoms with Crippen LogP contribution in [0.4, 0.5) is 0 Å². The van der Waals surface area contributed by atoms with Crippen molar-refractivity contribution >= 4 is 22.8 Å². The molecule has 2 saturated heterocycles. The minimum atomic E-state index is -0.650. The lowest BCUT2D eigenvalue weighted by molar-refractivity contribution is -0.135. The second-order valence-electron chi connectivity index (χ2n) is 8.59. The molecule has 2 N–H and O–H groups in total. The molecule has 2 fully saturated rings. The van der Waals surface area contributed by atoms with Crippen LogP contribution in [-0.2, 0) is 23.2 Å². The highest BCUT2D eigenvalue weighted by atomic mass is 16.3. The van der Waals surface area contributed by atoms with Crippen LogP contribution in [-0.4, -0.2) is 50.7 Å². The van der Waals surface area contributed by atoms with Gasteiger partial charge in [0.25, 0.3) is 0 Å². The number of fused-ring (bicyclic) bond motifs is 1. The number of carbonyl (C=O) groups is 2.